The third-order valence-corrected chi connectivity index (χ3v) is 2.22. The van der Waals surface area contributed by atoms with Gasteiger partial charge < -0.3 is 10.1 Å². The Bertz CT molecular complexity index is 438. The number of hydrogen-bond acceptors (Lipinski definition) is 4. The van der Waals surface area contributed by atoms with E-state index >= 15 is 0 Å². The largest absolute Gasteiger partial charge is 0.460 e. The normalized spacial score (nSPS) is 13.8. The Morgan fingerprint density at radius 3 is 3.12 bits per heavy atom. The number of esters is 1. The van der Waals surface area contributed by atoms with Gasteiger partial charge in [-0.1, -0.05) is 0 Å². The van der Waals surface area contributed by atoms with Gasteiger partial charge >= 0.3 is 5.97 Å². The molecule has 0 unspecified atom stereocenters. The highest BCUT2D eigenvalue weighted by molar-refractivity contribution is 5.96. The molecule has 16 heavy (non-hydrogen) atoms. The second-order valence-corrected chi connectivity index (χ2v) is 3.92. The molecule has 1 aromatic heterocycles. The minimum atomic E-state index is -0.267. The average molecular weight is 218 g/mol. The maximum Gasteiger partial charge on any atom is 0.336 e. The molecule has 1 N–H and O–H groups in total. The van der Waals surface area contributed by atoms with Crippen molar-refractivity contribution in [1.82, 2.24) is 4.98 Å². The first-order valence-corrected chi connectivity index (χ1v) is 5.27. The van der Waals surface area contributed by atoms with Crippen molar-refractivity contribution in [3.63, 3.8) is 0 Å². The number of aromatic nitrogens is 1. The average Bonchev–Trinajstić information content (AvgIpc) is 2.27. The Kier molecular flexibility index (Phi) is 2.90. The molecule has 0 spiro atoms. The molecule has 0 radical (unpaired) electrons. The number of nitrogens with zero attached hydrogens (tertiary/aromatic N) is 1. The predicted octanol–water partition coefficient (Wildman–Crippen LogP) is 1.84. The number of rotatable bonds is 2. The molecule has 1 aliphatic rings. The number of hydrogen-bond donors (Lipinski definition) is 1. The molecule has 0 atom stereocenters. The van der Waals surface area contributed by atoms with Crippen LogP contribution in [0.3, 0.4) is 0 Å². The summed E-state index contributed by atoms with van der Waals surface area (Å²) in [5.74, 6) is 0.542. The topological polar surface area (TPSA) is 51.2 Å². The van der Waals surface area contributed by atoms with Crippen LogP contribution in [0.15, 0.2) is 23.9 Å². The van der Waals surface area contributed by atoms with Crippen molar-refractivity contribution < 1.29 is 9.53 Å². The summed E-state index contributed by atoms with van der Waals surface area (Å²) >= 11 is 0. The lowest BCUT2D eigenvalue weighted by molar-refractivity contribution is -0.142. The number of carbonyl (C=O) groups is 1. The molecular weight excluding hydrogens is 204 g/mol. The first kappa shape index (κ1) is 10.7. The van der Waals surface area contributed by atoms with E-state index in [-0.39, 0.29) is 12.1 Å². The van der Waals surface area contributed by atoms with Gasteiger partial charge in [0.1, 0.15) is 5.82 Å². The van der Waals surface area contributed by atoms with Crippen LogP contribution >= 0.6 is 0 Å². The zero-order chi connectivity index (χ0) is 11.5. The highest BCUT2D eigenvalue weighted by atomic mass is 16.5. The fraction of sp³-hybridized carbons (Fsp3) is 0.333. The highest BCUT2D eigenvalue weighted by Gasteiger charge is 2.17. The van der Waals surface area contributed by atoms with Crippen molar-refractivity contribution in [2.45, 2.75) is 20.0 Å². The Balaban J connectivity index is 2.21. The molecule has 0 aliphatic carbocycles. The molecule has 0 fully saturated rings. The van der Waals surface area contributed by atoms with Crippen LogP contribution in [-0.4, -0.2) is 23.6 Å². The smallest absolute Gasteiger partial charge is 0.336 e. The van der Waals surface area contributed by atoms with Gasteiger partial charge in [-0.05, 0) is 32.1 Å². The summed E-state index contributed by atoms with van der Waals surface area (Å²) in [5, 5.41) is 3.09. The maximum absolute atomic E-state index is 11.7. The number of ether oxygens (including phenoxy) is 1. The minimum Gasteiger partial charge on any atom is -0.460 e. The Labute approximate surface area is 94.3 Å². The number of nitrogens with one attached hydrogen (secondary N) is 1. The van der Waals surface area contributed by atoms with Crippen LogP contribution in [0.5, 0.6) is 0 Å². The fourth-order valence-electron chi connectivity index (χ4n) is 1.52. The van der Waals surface area contributed by atoms with E-state index in [0.29, 0.717) is 12.1 Å². The third-order valence-electron chi connectivity index (χ3n) is 2.22. The quantitative estimate of drug-likeness (QED) is 0.769. The van der Waals surface area contributed by atoms with Crippen molar-refractivity contribution in [2.75, 3.05) is 11.9 Å². The summed E-state index contributed by atoms with van der Waals surface area (Å²) < 4.78 is 5.14. The SMILES string of the molecule is CC(C)OC(=O)C1=Cc2cccnc2NC1. The second-order valence-electron chi connectivity index (χ2n) is 3.92. The van der Waals surface area contributed by atoms with Gasteiger partial charge in [-0.15, -0.1) is 0 Å². The molecule has 1 aliphatic heterocycles. The monoisotopic (exact) mass is 218 g/mol. The van der Waals surface area contributed by atoms with Crippen molar-refractivity contribution >= 4 is 17.9 Å². The fourth-order valence-corrected chi connectivity index (χ4v) is 1.52. The molecule has 0 bridgehead atoms. The van der Waals surface area contributed by atoms with E-state index in [9.17, 15) is 4.79 Å². The van der Waals surface area contributed by atoms with E-state index in [1.807, 2.05) is 32.1 Å². The third kappa shape index (κ3) is 2.21. The molecule has 1 aromatic rings. The molecular formula is C12H14N2O2. The Morgan fingerprint density at radius 2 is 2.38 bits per heavy atom. The molecule has 2 heterocycles. The van der Waals surface area contributed by atoms with Gasteiger partial charge in [0.15, 0.2) is 0 Å². The summed E-state index contributed by atoms with van der Waals surface area (Å²) in [7, 11) is 0. The zero-order valence-corrected chi connectivity index (χ0v) is 9.36. The summed E-state index contributed by atoms with van der Waals surface area (Å²) in [6, 6.07) is 3.75. The zero-order valence-electron chi connectivity index (χ0n) is 9.36. The van der Waals surface area contributed by atoms with E-state index in [1.54, 1.807) is 6.20 Å². The summed E-state index contributed by atoms with van der Waals surface area (Å²) in [6.07, 6.45) is 3.45. The number of anilines is 1. The summed E-state index contributed by atoms with van der Waals surface area (Å²) in [5.41, 5.74) is 1.55. The standard InChI is InChI=1S/C12H14N2O2/c1-8(2)16-12(15)10-6-9-4-3-5-13-11(9)14-7-10/h3-6,8H,7H2,1-2H3,(H,13,14). The number of pyridine rings is 1. The van der Waals surface area contributed by atoms with Gasteiger partial charge in [0.05, 0.1) is 11.7 Å². The van der Waals surface area contributed by atoms with Crippen LogP contribution in [0.2, 0.25) is 0 Å². The lowest BCUT2D eigenvalue weighted by Crippen LogP contribution is -2.21. The molecule has 0 saturated heterocycles. The first-order valence-electron chi connectivity index (χ1n) is 5.27. The Morgan fingerprint density at radius 1 is 1.56 bits per heavy atom. The van der Waals surface area contributed by atoms with E-state index in [1.165, 1.54) is 0 Å². The maximum atomic E-state index is 11.7. The predicted molar refractivity (Wildman–Crippen MR) is 61.9 cm³/mol. The summed E-state index contributed by atoms with van der Waals surface area (Å²) in [6.45, 7) is 4.14. The van der Waals surface area contributed by atoms with Crippen LogP contribution in [0, 0.1) is 0 Å². The molecule has 0 amide bonds. The second kappa shape index (κ2) is 4.35. The van der Waals surface area contributed by atoms with Crippen molar-refractivity contribution in [1.29, 1.82) is 0 Å². The van der Waals surface area contributed by atoms with Crippen molar-refractivity contribution in [2.24, 2.45) is 0 Å². The van der Waals surface area contributed by atoms with Crippen molar-refractivity contribution in [3.8, 4) is 0 Å². The molecule has 2 rings (SSSR count). The van der Waals surface area contributed by atoms with Gasteiger partial charge in [-0.2, -0.15) is 0 Å². The van der Waals surface area contributed by atoms with E-state index in [2.05, 4.69) is 10.3 Å². The van der Waals surface area contributed by atoms with Gasteiger partial charge in [0.25, 0.3) is 0 Å². The lowest BCUT2D eigenvalue weighted by atomic mass is 10.1. The highest BCUT2D eigenvalue weighted by Crippen LogP contribution is 2.21. The summed E-state index contributed by atoms with van der Waals surface area (Å²) in [4.78, 5) is 15.8. The van der Waals surface area contributed by atoms with Crippen LogP contribution in [-0.2, 0) is 9.53 Å². The van der Waals surface area contributed by atoms with Gasteiger partial charge in [-0.3, -0.25) is 0 Å². The number of carbonyl (C=O) groups excluding carboxylic acids is 1. The lowest BCUT2D eigenvalue weighted by Gasteiger charge is -2.17. The van der Waals surface area contributed by atoms with Crippen molar-refractivity contribution in [3.05, 3.63) is 29.5 Å². The van der Waals surface area contributed by atoms with Crippen LogP contribution in [0.4, 0.5) is 5.82 Å². The Hall–Kier alpha value is -1.84. The van der Waals surface area contributed by atoms with E-state index < -0.39 is 0 Å². The van der Waals surface area contributed by atoms with Gasteiger partial charge in [-0.25, -0.2) is 9.78 Å². The first-order chi connectivity index (χ1) is 7.66. The molecule has 84 valence electrons. The molecule has 0 aromatic carbocycles. The molecule has 4 nitrogen and oxygen atoms in total. The van der Waals surface area contributed by atoms with Crippen LogP contribution in [0.25, 0.3) is 6.08 Å². The molecule has 0 saturated carbocycles. The van der Waals surface area contributed by atoms with E-state index in [0.717, 1.165) is 11.4 Å². The van der Waals surface area contributed by atoms with E-state index in [4.69, 9.17) is 4.74 Å². The number of fused-ring (bicyclic) bond motifs is 1. The minimum absolute atomic E-state index is 0.0938. The molecule has 4 heteroatoms. The van der Waals surface area contributed by atoms with Gasteiger partial charge in [0.2, 0.25) is 0 Å². The van der Waals surface area contributed by atoms with Gasteiger partial charge in [0, 0.05) is 18.3 Å². The van der Waals surface area contributed by atoms with Crippen LogP contribution < -0.4 is 5.32 Å². The van der Waals surface area contributed by atoms with Crippen LogP contribution in [0.1, 0.15) is 19.4 Å².